The lowest BCUT2D eigenvalue weighted by Gasteiger charge is -2.26. The topological polar surface area (TPSA) is 151 Å². The van der Waals surface area contributed by atoms with Gasteiger partial charge in [-0.1, -0.05) is 27.7 Å². The van der Waals surface area contributed by atoms with E-state index >= 15 is 0 Å². The number of amides is 4. The molecule has 0 aromatic rings. The monoisotopic (exact) mass is 474 g/mol. The number of alkyl carbamates (subject to hydrolysis) is 1. The smallest absolute Gasteiger partial charge is 0.407 e. The molecule has 1 aliphatic carbocycles. The van der Waals surface area contributed by atoms with Crippen molar-refractivity contribution in [3.05, 3.63) is 0 Å². The number of carbonyl (C=O) groups excluding carboxylic acids is 4. The molecule has 1 saturated heterocycles. The number of hydrogen-bond donors (Lipinski definition) is 3. The Morgan fingerprint density at radius 3 is 2.34 bits per heavy atom. The molecule has 0 radical (unpaired) electrons. The van der Waals surface area contributed by atoms with Gasteiger partial charge in [-0.2, -0.15) is 0 Å². The van der Waals surface area contributed by atoms with Crippen molar-refractivity contribution in [3.8, 4) is 0 Å². The second-order valence-corrected chi connectivity index (χ2v) is 11.4. The van der Waals surface area contributed by atoms with E-state index in [1.54, 1.807) is 6.92 Å². The normalized spacial score (nSPS) is 19.8. The van der Waals surface area contributed by atoms with Gasteiger partial charge in [-0.15, -0.1) is 0 Å². The first-order valence-electron chi connectivity index (χ1n) is 10.9. The van der Waals surface area contributed by atoms with Gasteiger partial charge in [0.25, 0.3) is 5.91 Å². The Hall–Kier alpha value is -2.37. The van der Waals surface area contributed by atoms with Crippen LogP contribution < -0.4 is 15.4 Å². The molecular formula is C20H34N4O7S. The third-order valence-corrected chi connectivity index (χ3v) is 6.98. The lowest BCUT2D eigenvalue weighted by atomic mass is 9.99. The summed E-state index contributed by atoms with van der Waals surface area (Å²) in [4.78, 5) is 50.8. The molecule has 0 spiro atoms. The van der Waals surface area contributed by atoms with Crippen LogP contribution in [0.4, 0.5) is 4.79 Å². The first kappa shape index (κ1) is 25.9. The highest BCUT2D eigenvalue weighted by Crippen LogP contribution is 2.27. The maximum Gasteiger partial charge on any atom is 0.407 e. The molecule has 32 heavy (non-hydrogen) atoms. The zero-order chi connectivity index (χ0) is 24.1. The van der Waals surface area contributed by atoms with Crippen LogP contribution in [0.15, 0.2) is 0 Å². The van der Waals surface area contributed by atoms with E-state index in [1.807, 2.05) is 25.5 Å². The Morgan fingerprint density at radius 2 is 1.78 bits per heavy atom. The Balaban J connectivity index is 1.87. The quantitative estimate of drug-likeness (QED) is 0.433. The summed E-state index contributed by atoms with van der Waals surface area (Å²) in [6, 6.07) is -1.82. The maximum atomic E-state index is 12.8. The van der Waals surface area contributed by atoms with E-state index in [9.17, 15) is 27.6 Å². The van der Waals surface area contributed by atoms with Gasteiger partial charge in [-0.25, -0.2) is 13.2 Å². The van der Waals surface area contributed by atoms with Crippen molar-refractivity contribution in [3.63, 3.8) is 0 Å². The Kier molecular flexibility index (Phi) is 8.49. The van der Waals surface area contributed by atoms with Crippen LogP contribution >= 0.6 is 0 Å². The lowest BCUT2D eigenvalue weighted by molar-refractivity contribution is -0.138. The standard InChI is InChI=1S/C20H34N4O7S/c1-5-14(17(26)23-32(29,30)13-8-9-13)22-18(27)15-7-6-10-24(15)16(25)11-21-19(28)31-12-20(2,3)4/h13-15H,5-12H2,1-4H3,(H,21,28)(H,22,27)(H,23,26). The van der Waals surface area contributed by atoms with Crippen LogP contribution in [-0.4, -0.2) is 74.2 Å². The number of carbonyl (C=O) groups is 4. The van der Waals surface area contributed by atoms with Gasteiger partial charge in [0.1, 0.15) is 18.6 Å². The van der Waals surface area contributed by atoms with Gasteiger partial charge in [-0.05, 0) is 37.5 Å². The minimum absolute atomic E-state index is 0.193. The molecule has 4 amide bonds. The van der Waals surface area contributed by atoms with Gasteiger partial charge >= 0.3 is 6.09 Å². The molecule has 2 rings (SSSR count). The van der Waals surface area contributed by atoms with Crippen LogP contribution in [0.3, 0.4) is 0 Å². The summed E-state index contributed by atoms with van der Waals surface area (Å²) in [6.07, 6.45) is 1.51. The van der Waals surface area contributed by atoms with Crippen LogP contribution in [0.25, 0.3) is 0 Å². The molecule has 12 heteroatoms. The highest BCUT2D eigenvalue weighted by molar-refractivity contribution is 7.90. The van der Waals surface area contributed by atoms with Gasteiger partial charge in [0, 0.05) is 6.54 Å². The van der Waals surface area contributed by atoms with Crippen molar-refractivity contribution in [1.29, 1.82) is 0 Å². The van der Waals surface area contributed by atoms with Gasteiger partial charge in [0.05, 0.1) is 11.9 Å². The molecule has 0 aromatic carbocycles. The molecule has 1 heterocycles. The third kappa shape index (κ3) is 7.64. The van der Waals surface area contributed by atoms with Crippen LogP contribution in [0.5, 0.6) is 0 Å². The van der Waals surface area contributed by atoms with Crippen molar-refractivity contribution in [1.82, 2.24) is 20.3 Å². The fourth-order valence-corrected chi connectivity index (χ4v) is 4.56. The molecule has 0 aromatic heterocycles. The number of ether oxygens (including phenoxy) is 1. The Labute approximate surface area is 189 Å². The highest BCUT2D eigenvalue weighted by atomic mass is 32.2. The van der Waals surface area contributed by atoms with E-state index in [0.29, 0.717) is 32.2 Å². The van der Waals surface area contributed by atoms with Gasteiger partial charge in [0.2, 0.25) is 21.8 Å². The summed E-state index contributed by atoms with van der Waals surface area (Å²) in [7, 11) is -3.72. The Morgan fingerprint density at radius 1 is 1.12 bits per heavy atom. The van der Waals surface area contributed by atoms with E-state index in [1.165, 1.54) is 4.90 Å². The second-order valence-electron chi connectivity index (χ2n) is 9.42. The molecule has 2 unspecified atom stereocenters. The second kappa shape index (κ2) is 10.5. The minimum atomic E-state index is -3.72. The molecule has 2 fully saturated rings. The van der Waals surface area contributed by atoms with E-state index in [4.69, 9.17) is 4.74 Å². The molecule has 2 atom stereocenters. The number of likely N-dealkylation sites (tertiary alicyclic amines) is 1. The van der Waals surface area contributed by atoms with Crippen molar-refractivity contribution >= 4 is 33.8 Å². The van der Waals surface area contributed by atoms with E-state index in [-0.39, 0.29) is 25.0 Å². The third-order valence-electron chi connectivity index (χ3n) is 5.14. The predicted octanol–water partition coefficient (Wildman–Crippen LogP) is 0.253. The van der Waals surface area contributed by atoms with E-state index < -0.39 is 51.2 Å². The average molecular weight is 475 g/mol. The van der Waals surface area contributed by atoms with Crippen LogP contribution in [0, 0.1) is 5.41 Å². The fourth-order valence-electron chi connectivity index (χ4n) is 3.21. The summed E-state index contributed by atoms with van der Waals surface area (Å²) in [6.45, 7) is 7.59. The summed E-state index contributed by atoms with van der Waals surface area (Å²) < 4.78 is 31.1. The van der Waals surface area contributed by atoms with Crippen LogP contribution in [0.1, 0.15) is 59.8 Å². The number of nitrogens with one attached hydrogen (secondary N) is 3. The zero-order valence-corrected chi connectivity index (χ0v) is 19.9. The van der Waals surface area contributed by atoms with Crippen molar-refractivity contribution in [2.24, 2.45) is 5.41 Å². The largest absolute Gasteiger partial charge is 0.449 e. The zero-order valence-electron chi connectivity index (χ0n) is 19.1. The summed E-state index contributed by atoms with van der Waals surface area (Å²) in [5.41, 5.74) is -0.209. The molecule has 11 nitrogen and oxygen atoms in total. The van der Waals surface area contributed by atoms with Crippen LogP contribution in [0.2, 0.25) is 0 Å². The van der Waals surface area contributed by atoms with Gasteiger partial charge in [-0.3, -0.25) is 19.1 Å². The van der Waals surface area contributed by atoms with Crippen molar-refractivity contribution in [2.45, 2.75) is 77.1 Å². The predicted molar refractivity (Wildman–Crippen MR) is 116 cm³/mol. The van der Waals surface area contributed by atoms with Crippen LogP contribution in [-0.2, 0) is 29.1 Å². The maximum absolute atomic E-state index is 12.8. The highest BCUT2D eigenvalue weighted by Gasteiger charge is 2.39. The molecular weight excluding hydrogens is 440 g/mol. The molecule has 1 saturated carbocycles. The molecule has 182 valence electrons. The van der Waals surface area contributed by atoms with Crippen molar-refractivity contribution < 1.29 is 32.3 Å². The first-order chi connectivity index (χ1) is 14.8. The molecule has 2 aliphatic rings. The molecule has 3 N–H and O–H groups in total. The van der Waals surface area contributed by atoms with Gasteiger partial charge < -0.3 is 20.3 Å². The first-order valence-corrected chi connectivity index (χ1v) is 12.4. The van der Waals surface area contributed by atoms with E-state index in [2.05, 4.69) is 10.6 Å². The van der Waals surface area contributed by atoms with Gasteiger partial charge in [0.15, 0.2) is 0 Å². The number of rotatable bonds is 9. The Bertz CT molecular complexity index is 833. The lowest BCUT2D eigenvalue weighted by Crippen LogP contribution is -2.54. The van der Waals surface area contributed by atoms with E-state index in [0.717, 1.165) is 0 Å². The summed E-state index contributed by atoms with van der Waals surface area (Å²) in [5.74, 6) is -1.76. The summed E-state index contributed by atoms with van der Waals surface area (Å²) >= 11 is 0. The fraction of sp³-hybridized carbons (Fsp3) is 0.800. The number of nitrogens with zero attached hydrogens (tertiary/aromatic N) is 1. The summed E-state index contributed by atoms with van der Waals surface area (Å²) in [5, 5.41) is 4.39. The number of sulfonamides is 1. The number of hydrogen-bond acceptors (Lipinski definition) is 7. The SMILES string of the molecule is CCC(NC(=O)C1CCCN1C(=O)CNC(=O)OCC(C)(C)C)C(=O)NS(=O)(=O)C1CC1. The average Bonchev–Trinajstić information content (AvgIpc) is 3.45. The van der Waals surface area contributed by atoms with Crippen molar-refractivity contribution in [2.75, 3.05) is 19.7 Å². The molecule has 0 bridgehead atoms. The molecule has 1 aliphatic heterocycles. The minimum Gasteiger partial charge on any atom is -0.449 e.